The van der Waals surface area contributed by atoms with E-state index in [9.17, 15) is 9.59 Å². The number of hydrogen-bond donors (Lipinski definition) is 2. The fourth-order valence-corrected chi connectivity index (χ4v) is 3.09. The zero-order valence-electron chi connectivity index (χ0n) is 17.5. The molecule has 1 amide bonds. The maximum atomic E-state index is 12.5. The molecule has 7 heteroatoms. The molecule has 4 rings (SSSR count). The molecule has 0 aliphatic heterocycles. The average molecular weight is 426 g/mol. The Labute approximate surface area is 185 Å². The molecule has 0 saturated carbocycles. The van der Waals surface area contributed by atoms with Crippen molar-refractivity contribution in [2.24, 2.45) is 7.05 Å². The number of hydrogen-bond acceptors (Lipinski definition) is 5. The van der Waals surface area contributed by atoms with Crippen molar-refractivity contribution < 1.29 is 14.3 Å². The minimum atomic E-state index is -0.292. The summed E-state index contributed by atoms with van der Waals surface area (Å²) >= 11 is 0. The number of imidazole rings is 1. The number of aryl methyl sites for hydroxylation is 1. The zero-order chi connectivity index (χ0) is 22.3. The quantitative estimate of drug-likeness (QED) is 0.408. The van der Waals surface area contributed by atoms with Crippen LogP contribution < -0.4 is 15.4 Å². The number of benzene rings is 3. The van der Waals surface area contributed by atoms with Gasteiger partial charge in [-0.1, -0.05) is 18.2 Å². The molecule has 0 aliphatic rings. The van der Waals surface area contributed by atoms with E-state index in [0.717, 1.165) is 11.4 Å². The molecule has 32 heavy (non-hydrogen) atoms. The summed E-state index contributed by atoms with van der Waals surface area (Å²) in [7, 11) is 1.77. The van der Waals surface area contributed by atoms with Crippen LogP contribution in [0.1, 0.15) is 16.2 Å². The van der Waals surface area contributed by atoms with Gasteiger partial charge < -0.3 is 19.9 Å². The molecule has 1 aromatic heterocycles. The van der Waals surface area contributed by atoms with Gasteiger partial charge in [-0.15, -0.1) is 0 Å². The number of anilines is 3. The van der Waals surface area contributed by atoms with Gasteiger partial charge in [0.25, 0.3) is 5.91 Å². The molecule has 160 valence electrons. The lowest BCUT2D eigenvalue weighted by Gasteiger charge is -2.10. The van der Waals surface area contributed by atoms with Gasteiger partial charge in [0, 0.05) is 42.1 Å². The Morgan fingerprint density at radius 3 is 2.19 bits per heavy atom. The number of amides is 1. The number of ether oxygens (including phenoxy) is 1. The zero-order valence-corrected chi connectivity index (χ0v) is 17.5. The Balaban J connectivity index is 1.27. The highest BCUT2D eigenvalue weighted by Crippen LogP contribution is 2.20. The van der Waals surface area contributed by atoms with Gasteiger partial charge in [-0.25, -0.2) is 4.98 Å². The van der Waals surface area contributed by atoms with E-state index in [4.69, 9.17) is 4.74 Å². The molecule has 0 atom stereocenters. The number of carbonyl (C=O) groups is 2. The van der Waals surface area contributed by atoms with E-state index < -0.39 is 0 Å². The molecule has 4 aromatic rings. The number of nitrogens with one attached hydrogen (secondary N) is 2. The minimum Gasteiger partial charge on any atom is -0.484 e. The van der Waals surface area contributed by atoms with Crippen molar-refractivity contribution in [3.63, 3.8) is 0 Å². The third-order valence-electron chi connectivity index (χ3n) is 4.74. The smallest absolute Gasteiger partial charge is 0.262 e. The van der Waals surface area contributed by atoms with Crippen molar-refractivity contribution in [1.82, 2.24) is 9.55 Å². The highest BCUT2D eigenvalue weighted by atomic mass is 16.5. The molecule has 7 nitrogen and oxygen atoms in total. The van der Waals surface area contributed by atoms with Gasteiger partial charge >= 0.3 is 0 Å². The second-order valence-electron chi connectivity index (χ2n) is 7.12. The van der Waals surface area contributed by atoms with Crippen molar-refractivity contribution in [3.05, 3.63) is 103 Å². The summed E-state index contributed by atoms with van der Waals surface area (Å²) in [6.07, 6.45) is 3.30. The SMILES string of the molecule is Cn1ccnc1C(=O)c1ccc(NC(=O)COc2ccc(Nc3ccccc3)cc2)cc1. The van der Waals surface area contributed by atoms with E-state index in [-0.39, 0.29) is 18.3 Å². The van der Waals surface area contributed by atoms with E-state index in [2.05, 4.69) is 15.6 Å². The average Bonchev–Trinajstić information content (AvgIpc) is 3.25. The van der Waals surface area contributed by atoms with E-state index >= 15 is 0 Å². The Morgan fingerprint density at radius 1 is 0.875 bits per heavy atom. The molecule has 3 aromatic carbocycles. The third kappa shape index (κ3) is 5.20. The molecule has 0 radical (unpaired) electrons. The highest BCUT2D eigenvalue weighted by Gasteiger charge is 2.13. The number of para-hydroxylation sites is 1. The number of aromatic nitrogens is 2. The van der Waals surface area contributed by atoms with Crippen LogP contribution in [-0.2, 0) is 11.8 Å². The minimum absolute atomic E-state index is 0.126. The van der Waals surface area contributed by atoms with Crippen LogP contribution >= 0.6 is 0 Å². The van der Waals surface area contributed by atoms with Crippen LogP contribution in [0.3, 0.4) is 0 Å². The van der Waals surface area contributed by atoms with Gasteiger partial charge in [-0.2, -0.15) is 0 Å². The van der Waals surface area contributed by atoms with Crippen LogP contribution in [0, 0.1) is 0 Å². The molecule has 0 aliphatic carbocycles. The standard InChI is InChI=1S/C25H22N4O3/c1-29-16-15-26-25(29)24(31)18-7-9-21(10-8-18)28-23(30)17-32-22-13-11-20(12-14-22)27-19-5-3-2-4-6-19/h2-16,27H,17H2,1H3,(H,28,30). The second kappa shape index (κ2) is 9.61. The molecule has 2 N–H and O–H groups in total. The first-order valence-electron chi connectivity index (χ1n) is 10.1. The van der Waals surface area contributed by atoms with Gasteiger partial charge in [0.2, 0.25) is 5.78 Å². The summed E-state index contributed by atoms with van der Waals surface area (Å²) in [5, 5.41) is 6.05. The Hall–Kier alpha value is -4.39. The van der Waals surface area contributed by atoms with Crippen LogP contribution in [0.4, 0.5) is 17.1 Å². The molecule has 0 unspecified atom stereocenters. The summed E-state index contributed by atoms with van der Waals surface area (Å²) in [4.78, 5) is 28.7. The van der Waals surface area contributed by atoms with E-state index in [1.165, 1.54) is 0 Å². The first-order valence-corrected chi connectivity index (χ1v) is 10.1. The Morgan fingerprint density at radius 2 is 1.53 bits per heavy atom. The molecular formula is C25H22N4O3. The maximum absolute atomic E-state index is 12.5. The number of carbonyl (C=O) groups excluding carboxylic acids is 2. The first-order chi connectivity index (χ1) is 15.6. The van der Waals surface area contributed by atoms with Crippen LogP contribution in [0.15, 0.2) is 91.3 Å². The van der Waals surface area contributed by atoms with Crippen LogP contribution in [0.2, 0.25) is 0 Å². The first kappa shape index (κ1) is 20.9. The van der Waals surface area contributed by atoms with Crippen molar-refractivity contribution >= 4 is 28.8 Å². The summed E-state index contributed by atoms with van der Waals surface area (Å²) in [5.41, 5.74) is 3.00. The van der Waals surface area contributed by atoms with Crippen molar-refractivity contribution in [1.29, 1.82) is 0 Å². The summed E-state index contributed by atoms with van der Waals surface area (Å²) in [6, 6.07) is 23.9. The van der Waals surface area contributed by atoms with Crippen LogP contribution in [0.5, 0.6) is 5.75 Å². The summed E-state index contributed by atoms with van der Waals surface area (Å²) in [6.45, 7) is -0.126. The number of rotatable bonds is 8. The number of ketones is 1. The van der Waals surface area contributed by atoms with Gasteiger partial charge in [0.05, 0.1) is 0 Å². The van der Waals surface area contributed by atoms with Gasteiger partial charge in [-0.05, 0) is 60.7 Å². The lowest BCUT2D eigenvalue weighted by atomic mass is 10.1. The topological polar surface area (TPSA) is 85.2 Å². The van der Waals surface area contributed by atoms with Crippen molar-refractivity contribution in [3.8, 4) is 5.75 Å². The maximum Gasteiger partial charge on any atom is 0.262 e. The Kier molecular flexibility index (Phi) is 6.27. The van der Waals surface area contributed by atoms with Crippen LogP contribution in [-0.4, -0.2) is 27.8 Å². The fraction of sp³-hybridized carbons (Fsp3) is 0.0800. The molecule has 0 fully saturated rings. The fourth-order valence-electron chi connectivity index (χ4n) is 3.09. The molecule has 0 bridgehead atoms. The van der Waals surface area contributed by atoms with Gasteiger partial charge in [0.15, 0.2) is 12.4 Å². The Bertz CT molecular complexity index is 1200. The monoisotopic (exact) mass is 426 g/mol. The van der Waals surface area contributed by atoms with E-state index in [1.54, 1.807) is 60.4 Å². The molecule has 0 saturated heterocycles. The largest absolute Gasteiger partial charge is 0.484 e. The van der Waals surface area contributed by atoms with Crippen molar-refractivity contribution in [2.75, 3.05) is 17.2 Å². The van der Waals surface area contributed by atoms with Gasteiger partial charge in [-0.3, -0.25) is 9.59 Å². The summed E-state index contributed by atoms with van der Waals surface area (Å²) in [5.74, 6) is 0.485. The molecule has 0 spiro atoms. The number of nitrogens with zero attached hydrogens (tertiary/aromatic N) is 2. The lowest BCUT2D eigenvalue weighted by molar-refractivity contribution is -0.118. The summed E-state index contributed by atoms with van der Waals surface area (Å²) < 4.78 is 7.23. The second-order valence-corrected chi connectivity index (χ2v) is 7.12. The predicted octanol–water partition coefficient (Wildman–Crippen LogP) is 4.41. The van der Waals surface area contributed by atoms with Gasteiger partial charge in [0.1, 0.15) is 5.75 Å². The predicted molar refractivity (Wildman–Crippen MR) is 123 cm³/mol. The molecule has 1 heterocycles. The highest BCUT2D eigenvalue weighted by molar-refractivity contribution is 6.07. The van der Waals surface area contributed by atoms with Crippen molar-refractivity contribution in [2.45, 2.75) is 0 Å². The molecular weight excluding hydrogens is 404 g/mol. The van der Waals surface area contributed by atoms with E-state index in [0.29, 0.717) is 22.8 Å². The third-order valence-corrected chi connectivity index (χ3v) is 4.74. The normalized spacial score (nSPS) is 10.4. The van der Waals surface area contributed by atoms with E-state index in [1.807, 2.05) is 42.5 Å². The van der Waals surface area contributed by atoms with Crippen LogP contribution in [0.25, 0.3) is 0 Å². The lowest BCUT2D eigenvalue weighted by Crippen LogP contribution is -2.20.